The summed E-state index contributed by atoms with van der Waals surface area (Å²) in [6.07, 6.45) is 0.907. The highest BCUT2D eigenvalue weighted by Crippen LogP contribution is 2.14. The van der Waals surface area contributed by atoms with Gasteiger partial charge in [-0.1, -0.05) is 18.2 Å². The van der Waals surface area contributed by atoms with E-state index in [2.05, 4.69) is 10.3 Å². The maximum absolute atomic E-state index is 12.9. The molecular formula is C23H24N4O5. The van der Waals surface area contributed by atoms with Gasteiger partial charge in [-0.25, -0.2) is 14.2 Å². The predicted molar refractivity (Wildman–Crippen MR) is 119 cm³/mol. The summed E-state index contributed by atoms with van der Waals surface area (Å²) < 4.78 is 6.08. The number of likely N-dealkylation sites (tertiary alicyclic amines) is 1. The molecule has 3 aromatic rings. The molecule has 0 saturated carbocycles. The van der Waals surface area contributed by atoms with Crippen LogP contribution in [0.3, 0.4) is 0 Å². The summed E-state index contributed by atoms with van der Waals surface area (Å²) in [5.41, 5.74) is 0.0947. The number of aromatic nitrogens is 2. The van der Waals surface area contributed by atoms with Crippen molar-refractivity contribution in [3.05, 3.63) is 74.9 Å². The SMILES string of the molecule is CCOC(=O)N1CCC(NC(=O)c2ccc3c(=O)n(-c4ccccc4)c(=O)[nH]c3c2)CC1. The van der Waals surface area contributed by atoms with Gasteiger partial charge in [0.2, 0.25) is 0 Å². The molecule has 32 heavy (non-hydrogen) atoms. The number of para-hydroxylation sites is 1. The van der Waals surface area contributed by atoms with Crippen LogP contribution in [0.5, 0.6) is 0 Å². The number of hydrogen-bond donors (Lipinski definition) is 2. The Balaban J connectivity index is 1.51. The number of benzene rings is 2. The molecule has 2 amide bonds. The van der Waals surface area contributed by atoms with Crippen LogP contribution in [0.15, 0.2) is 58.1 Å². The first-order chi connectivity index (χ1) is 15.5. The highest BCUT2D eigenvalue weighted by molar-refractivity contribution is 5.97. The molecular weight excluding hydrogens is 412 g/mol. The van der Waals surface area contributed by atoms with Crippen LogP contribution in [-0.4, -0.2) is 52.2 Å². The summed E-state index contributed by atoms with van der Waals surface area (Å²) in [7, 11) is 0. The van der Waals surface area contributed by atoms with E-state index >= 15 is 0 Å². The van der Waals surface area contributed by atoms with Gasteiger partial charge in [-0.3, -0.25) is 9.59 Å². The highest BCUT2D eigenvalue weighted by Gasteiger charge is 2.25. The van der Waals surface area contributed by atoms with Gasteiger partial charge in [0.15, 0.2) is 0 Å². The molecule has 0 radical (unpaired) electrons. The summed E-state index contributed by atoms with van der Waals surface area (Å²) in [5, 5.41) is 3.28. The minimum Gasteiger partial charge on any atom is -0.450 e. The fourth-order valence-corrected chi connectivity index (χ4v) is 3.86. The predicted octanol–water partition coefficient (Wildman–Crippen LogP) is 2.03. The molecule has 1 aliphatic heterocycles. The van der Waals surface area contributed by atoms with E-state index in [0.717, 1.165) is 4.57 Å². The number of fused-ring (bicyclic) bond motifs is 1. The molecule has 9 nitrogen and oxygen atoms in total. The lowest BCUT2D eigenvalue weighted by molar-refractivity contribution is 0.0860. The van der Waals surface area contributed by atoms with Crippen LogP contribution in [0.25, 0.3) is 16.6 Å². The fourth-order valence-electron chi connectivity index (χ4n) is 3.86. The van der Waals surface area contributed by atoms with Gasteiger partial charge in [-0.05, 0) is 50.1 Å². The monoisotopic (exact) mass is 436 g/mol. The van der Waals surface area contributed by atoms with Crippen LogP contribution >= 0.6 is 0 Å². The van der Waals surface area contributed by atoms with Gasteiger partial charge in [-0.15, -0.1) is 0 Å². The maximum atomic E-state index is 12.9. The van der Waals surface area contributed by atoms with Gasteiger partial charge < -0.3 is 19.9 Å². The molecule has 166 valence electrons. The van der Waals surface area contributed by atoms with E-state index in [9.17, 15) is 19.2 Å². The Kier molecular flexibility index (Phi) is 6.07. The number of carbonyl (C=O) groups excluding carboxylic acids is 2. The van der Waals surface area contributed by atoms with E-state index in [1.165, 1.54) is 6.07 Å². The number of rotatable bonds is 4. The van der Waals surface area contributed by atoms with E-state index in [-0.39, 0.29) is 18.0 Å². The van der Waals surface area contributed by atoms with Crippen LogP contribution in [0, 0.1) is 0 Å². The minimum atomic E-state index is -0.572. The number of piperidine rings is 1. The van der Waals surface area contributed by atoms with Crippen molar-refractivity contribution in [2.24, 2.45) is 0 Å². The molecule has 0 bridgehead atoms. The van der Waals surface area contributed by atoms with Crippen molar-refractivity contribution in [3.8, 4) is 5.69 Å². The first-order valence-corrected chi connectivity index (χ1v) is 10.5. The number of amides is 2. The van der Waals surface area contributed by atoms with E-state index in [4.69, 9.17) is 4.74 Å². The molecule has 4 rings (SSSR count). The van der Waals surface area contributed by atoms with Gasteiger partial charge in [0, 0.05) is 24.7 Å². The Bertz CT molecular complexity index is 1260. The van der Waals surface area contributed by atoms with Crippen molar-refractivity contribution < 1.29 is 14.3 Å². The van der Waals surface area contributed by atoms with Gasteiger partial charge >= 0.3 is 11.8 Å². The average Bonchev–Trinajstić information content (AvgIpc) is 2.80. The molecule has 1 fully saturated rings. The normalized spacial score (nSPS) is 14.3. The van der Waals surface area contributed by atoms with Crippen LogP contribution < -0.4 is 16.6 Å². The number of H-pyrrole nitrogens is 1. The Morgan fingerprint density at radius 3 is 2.50 bits per heavy atom. The second-order valence-corrected chi connectivity index (χ2v) is 7.60. The van der Waals surface area contributed by atoms with E-state index in [0.29, 0.717) is 54.7 Å². The molecule has 0 atom stereocenters. The Morgan fingerprint density at radius 2 is 1.81 bits per heavy atom. The van der Waals surface area contributed by atoms with Crippen molar-refractivity contribution in [3.63, 3.8) is 0 Å². The largest absolute Gasteiger partial charge is 0.450 e. The zero-order valence-corrected chi connectivity index (χ0v) is 17.7. The molecule has 0 aliphatic carbocycles. The molecule has 9 heteroatoms. The van der Waals surface area contributed by atoms with Crippen LogP contribution in [0.4, 0.5) is 4.79 Å². The quantitative estimate of drug-likeness (QED) is 0.650. The Hall–Kier alpha value is -3.88. The third-order valence-corrected chi connectivity index (χ3v) is 5.53. The highest BCUT2D eigenvalue weighted by atomic mass is 16.6. The molecule has 2 N–H and O–H groups in total. The van der Waals surface area contributed by atoms with Crippen molar-refractivity contribution in [1.82, 2.24) is 19.8 Å². The second kappa shape index (κ2) is 9.09. The molecule has 1 saturated heterocycles. The van der Waals surface area contributed by atoms with Gasteiger partial charge in [-0.2, -0.15) is 0 Å². The third-order valence-electron chi connectivity index (χ3n) is 5.53. The molecule has 2 heterocycles. The van der Waals surface area contributed by atoms with Crippen LogP contribution in [0.1, 0.15) is 30.1 Å². The summed E-state index contributed by atoms with van der Waals surface area (Å²) in [5.74, 6) is -0.297. The number of aromatic amines is 1. The number of nitrogens with one attached hydrogen (secondary N) is 2. The third kappa shape index (κ3) is 4.27. The first-order valence-electron chi connectivity index (χ1n) is 10.5. The minimum absolute atomic E-state index is 0.0750. The lowest BCUT2D eigenvalue weighted by Gasteiger charge is -2.31. The van der Waals surface area contributed by atoms with Gasteiger partial charge in [0.25, 0.3) is 11.5 Å². The second-order valence-electron chi connectivity index (χ2n) is 7.60. The first kappa shape index (κ1) is 21.4. The number of ether oxygens (including phenoxy) is 1. The Morgan fingerprint density at radius 1 is 1.09 bits per heavy atom. The van der Waals surface area contributed by atoms with Crippen molar-refractivity contribution in [1.29, 1.82) is 0 Å². The maximum Gasteiger partial charge on any atom is 0.409 e. The lowest BCUT2D eigenvalue weighted by atomic mass is 10.0. The lowest BCUT2D eigenvalue weighted by Crippen LogP contribution is -2.46. The topological polar surface area (TPSA) is 114 Å². The summed E-state index contributed by atoms with van der Waals surface area (Å²) in [4.78, 5) is 54.3. The van der Waals surface area contributed by atoms with E-state index < -0.39 is 11.2 Å². The zero-order chi connectivity index (χ0) is 22.7. The average molecular weight is 436 g/mol. The number of nitrogens with zero attached hydrogens (tertiary/aromatic N) is 2. The smallest absolute Gasteiger partial charge is 0.409 e. The molecule has 1 aliphatic rings. The zero-order valence-electron chi connectivity index (χ0n) is 17.7. The van der Waals surface area contributed by atoms with Crippen LogP contribution in [0.2, 0.25) is 0 Å². The number of hydrogen-bond acceptors (Lipinski definition) is 5. The van der Waals surface area contributed by atoms with Crippen molar-refractivity contribution in [2.45, 2.75) is 25.8 Å². The summed E-state index contributed by atoms with van der Waals surface area (Å²) >= 11 is 0. The fraction of sp³-hybridized carbons (Fsp3) is 0.304. The van der Waals surface area contributed by atoms with E-state index in [1.807, 2.05) is 0 Å². The summed E-state index contributed by atoms with van der Waals surface area (Å²) in [6, 6.07) is 13.2. The van der Waals surface area contributed by atoms with Gasteiger partial charge in [0.05, 0.1) is 23.2 Å². The van der Waals surface area contributed by atoms with Crippen molar-refractivity contribution in [2.75, 3.05) is 19.7 Å². The molecule has 0 unspecified atom stereocenters. The standard InChI is InChI=1S/C23H24N4O5/c1-2-32-23(31)26-12-10-16(11-13-26)24-20(28)15-8-9-18-19(14-15)25-22(30)27(21(18)29)17-6-4-3-5-7-17/h3-9,14,16H,2,10-13H2,1H3,(H,24,28)(H,25,30). The number of carbonyl (C=O) groups is 2. The van der Waals surface area contributed by atoms with Crippen LogP contribution in [-0.2, 0) is 4.74 Å². The molecule has 1 aromatic heterocycles. The Labute approximate surface area is 183 Å². The molecule has 2 aromatic carbocycles. The summed E-state index contributed by atoms with van der Waals surface area (Å²) in [6.45, 7) is 3.11. The molecule has 0 spiro atoms. The van der Waals surface area contributed by atoms with Gasteiger partial charge in [0.1, 0.15) is 0 Å². The van der Waals surface area contributed by atoms with Crippen molar-refractivity contribution >= 4 is 22.9 Å². The van der Waals surface area contributed by atoms with E-state index in [1.54, 1.807) is 54.3 Å².